The Labute approximate surface area is 128 Å². The van der Waals surface area contributed by atoms with Crippen LogP contribution in [0, 0.1) is 0 Å². The van der Waals surface area contributed by atoms with E-state index >= 15 is 0 Å². The third-order valence-corrected chi connectivity index (χ3v) is 2.63. The molecule has 0 aromatic heterocycles. The van der Waals surface area contributed by atoms with Crippen molar-refractivity contribution >= 4 is 34.9 Å². The Bertz CT molecular complexity index is 519. The van der Waals surface area contributed by atoms with Gasteiger partial charge in [-0.2, -0.15) is 0 Å². The van der Waals surface area contributed by atoms with Crippen LogP contribution in [0.5, 0.6) is 5.75 Å². The molecule has 3 N–H and O–H groups in total. The van der Waals surface area contributed by atoms with E-state index in [0.717, 1.165) is 6.42 Å². The number of hydrogen-bond donors (Lipinski definition) is 3. The molecular weight excluding hydrogens is 292 g/mol. The van der Waals surface area contributed by atoms with Crippen molar-refractivity contribution in [2.24, 2.45) is 0 Å². The van der Waals surface area contributed by atoms with Gasteiger partial charge >= 0.3 is 5.97 Å². The van der Waals surface area contributed by atoms with Gasteiger partial charge in [-0.1, -0.05) is 19.1 Å². The number of phenols is 1. The average Bonchev–Trinajstić information content (AvgIpc) is 2.45. The van der Waals surface area contributed by atoms with Crippen LogP contribution in [0.4, 0.5) is 5.69 Å². The molecule has 0 bridgehead atoms. The lowest BCUT2D eigenvalue weighted by molar-refractivity contribution is -0.144. The molecule has 0 spiro atoms. The third-order valence-electron chi connectivity index (χ3n) is 2.43. The molecule has 21 heavy (non-hydrogen) atoms. The molecule has 0 aliphatic heterocycles. The molecule has 6 nitrogen and oxygen atoms in total. The van der Waals surface area contributed by atoms with Crippen molar-refractivity contribution in [2.45, 2.75) is 26.2 Å². The second-order valence-corrected chi connectivity index (χ2v) is 4.65. The van der Waals surface area contributed by atoms with Crippen LogP contribution >= 0.6 is 12.2 Å². The molecule has 114 valence electrons. The summed E-state index contributed by atoms with van der Waals surface area (Å²) in [5.74, 6) is -0.778. The number of para-hydroxylation sites is 2. The molecule has 0 fully saturated rings. The minimum absolute atomic E-state index is 0.00499. The van der Waals surface area contributed by atoms with Crippen LogP contribution in [0.15, 0.2) is 24.3 Å². The Kier molecular flexibility index (Phi) is 7.17. The number of esters is 1. The van der Waals surface area contributed by atoms with Gasteiger partial charge in [-0.05, 0) is 30.8 Å². The number of amides is 1. The van der Waals surface area contributed by atoms with Gasteiger partial charge in [-0.25, -0.2) is 0 Å². The molecule has 0 aliphatic carbocycles. The molecule has 7 heteroatoms. The number of aromatic hydroxyl groups is 1. The average molecular weight is 310 g/mol. The highest BCUT2D eigenvalue weighted by Gasteiger charge is 2.10. The van der Waals surface area contributed by atoms with Crippen LogP contribution in [0.2, 0.25) is 0 Å². The first-order valence-electron chi connectivity index (χ1n) is 6.57. The summed E-state index contributed by atoms with van der Waals surface area (Å²) >= 11 is 4.95. The van der Waals surface area contributed by atoms with Crippen molar-refractivity contribution in [1.29, 1.82) is 0 Å². The standard InChI is InChI=1S/C14H18N2O4S/c1-2-9-20-13(19)8-7-12(18)16-14(21)15-10-5-3-4-6-11(10)17/h3-6,17H,2,7-9H2,1H3,(H2,15,16,18,21). The first-order valence-corrected chi connectivity index (χ1v) is 6.98. The Morgan fingerprint density at radius 1 is 1.29 bits per heavy atom. The number of thiocarbonyl (C=S) groups is 1. The topological polar surface area (TPSA) is 87.7 Å². The van der Waals surface area contributed by atoms with E-state index in [1.807, 2.05) is 6.92 Å². The van der Waals surface area contributed by atoms with E-state index in [-0.39, 0.29) is 23.7 Å². The fourth-order valence-electron chi connectivity index (χ4n) is 1.43. The molecule has 1 amide bonds. The zero-order valence-electron chi connectivity index (χ0n) is 11.7. The third kappa shape index (κ3) is 6.71. The molecule has 1 aromatic rings. The van der Waals surface area contributed by atoms with Crippen molar-refractivity contribution in [3.05, 3.63) is 24.3 Å². The normalized spacial score (nSPS) is 9.76. The van der Waals surface area contributed by atoms with Crippen molar-refractivity contribution in [3.63, 3.8) is 0 Å². The van der Waals surface area contributed by atoms with Gasteiger partial charge in [-0.3, -0.25) is 9.59 Å². The minimum atomic E-state index is -0.411. The van der Waals surface area contributed by atoms with Gasteiger partial charge in [0.05, 0.1) is 18.7 Å². The van der Waals surface area contributed by atoms with Crippen molar-refractivity contribution in [1.82, 2.24) is 5.32 Å². The van der Waals surface area contributed by atoms with Crippen LogP contribution in [-0.2, 0) is 14.3 Å². The van der Waals surface area contributed by atoms with E-state index in [0.29, 0.717) is 12.3 Å². The first-order chi connectivity index (χ1) is 10.0. The van der Waals surface area contributed by atoms with Crippen molar-refractivity contribution in [2.75, 3.05) is 11.9 Å². The van der Waals surface area contributed by atoms with E-state index in [4.69, 9.17) is 17.0 Å². The lowest BCUT2D eigenvalue weighted by atomic mass is 10.3. The predicted octanol–water partition coefficient (Wildman–Crippen LogP) is 1.94. The first kappa shape index (κ1) is 16.9. The summed E-state index contributed by atoms with van der Waals surface area (Å²) in [4.78, 5) is 22.8. The number of rotatable bonds is 6. The van der Waals surface area contributed by atoms with Gasteiger partial charge in [-0.15, -0.1) is 0 Å². The van der Waals surface area contributed by atoms with Crippen LogP contribution in [-0.4, -0.2) is 28.7 Å². The summed E-state index contributed by atoms with van der Waals surface area (Å²) in [5.41, 5.74) is 0.394. The highest BCUT2D eigenvalue weighted by molar-refractivity contribution is 7.80. The van der Waals surface area contributed by atoms with Crippen LogP contribution in [0.1, 0.15) is 26.2 Å². The summed E-state index contributed by atoms with van der Waals surface area (Å²) in [7, 11) is 0. The molecular formula is C14H18N2O4S. The van der Waals surface area contributed by atoms with E-state index in [1.54, 1.807) is 18.2 Å². The van der Waals surface area contributed by atoms with Crippen LogP contribution < -0.4 is 10.6 Å². The molecule has 1 aromatic carbocycles. The Morgan fingerprint density at radius 2 is 2.00 bits per heavy atom. The number of hydrogen-bond acceptors (Lipinski definition) is 5. The summed E-state index contributed by atoms with van der Waals surface area (Å²) < 4.78 is 4.86. The highest BCUT2D eigenvalue weighted by atomic mass is 32.1. The fourth-order valence-corrected chi connectivity index (χ4v) is 1.65. The maximum atomic E-state index is 11.6. The number of nitrogens with one attached hydrogen (secondary N) is 2. The summed E-state index contributed by atoms with van der Waals surface area (Å²) in [6.07, 6.45) is 0.739. The Morgan fingerprint density at radius 3 is 2.67 bits per heavy atom. The Hall–Kier alpha value is -2.15. The van der Waals surface area contributed by atoms with Crippen LogP contribution in [0.3, 0.4) is 0 Å². The smallest absolute Gasteiger partial charge is 0.306 e. The molecule has 1 rings (SSSR count). The monoisotopic (exact) mass is 310 g/mol. The molecule has 0 radical (unpaired) electrons. The number of ether oxygens (including phenoxy) is 1. The lowest BCUT2D eigenvalue weighted by Gasteiger charge is -2.10. The van der Waals surface area contributed by atoms with Crippen LogP contribution in [0.25, 0.3) is 0 Å². The van der Waals surface area contributed by atoms with Gasteiger partial charge in [0.1, 0.15) is 5.75 Å². The number of benzene rings is 1. The quantitative estimate of drug-likeness (QED) is 0.423. The number of carbonyl (C=O) groups is 2. The SMILES string of the molecule is CCCOC(=O)CCC(=O)NC(=S)Nc1ccccc1O. The van der Waals surface area contributed by atoms with Gasteiger partial charge in [0.2, 0.25) is 5.91 Å². The number of phenolic OH excluding ortho intramolecular Hbond substituents is 1. The predicted molar refractivity (Wildman–Crippen MR) is 83.0 cm³/mol. The minimum Gasteiger partial charge on any atom is -0.506 e. The molecule has 0 saturated heterocycles. The molecule has 0 heterocycles. The van der Waals surface area contributed by atoms with Crippen molar-refractivity contribution < 1.29 is 19.4 Å². The highest BCUT2D eigenvalue weighted by Crippen LogP contribution is 2.21. The summed E-state index contributed by atoms with van der Waals surface area (Å²) in [5, 5.41) is 14.7. The Balaban J connectivity index is 2.33. The molecule has 0 unspecified atom stereocenters. The van der Waals surface area contributed by atoms with E-state index in [2.05, 4.69) is 10.6 Å². The summed E-state index contributed by atoms with van der Waals surface area (Å²) in [6.45, 7) is 2.25. The summed E-state index contributed by atoms with van der Waals surface area (Å²) in [6, 6.07) is 6.51. The van der Waals surface area contributed by atoms with Gasteiger partial charge < -0.3 is 20.5 Å². The van der Waals surface area contributed by atoms with Gasteiger partial charge in [0, 0.05) is 6.42 Å². The van der Waals surface area contributed by atoms with E-state index in [1.165, 1.54) is 6.07 Å². The van der Waals surface area contributed by atoms with Gasteiger partial charge in [0.25, 0.3) is 0 Å². The van der Waals surface area contributed by atoms with E-state index in [9.17, 15) is 14.7 Å². The lowest BCUT2D eigenvalue weighted by Crippen LogP contribution is -2.34. The number of anilines is 1. The van der Waals surface area contributed by atoms with Crippen molar-refractivity contribution in [3.8, 4) is 5.75 Å². The van der Waals surface area contributed by atoms with Gasteiger partial charge in [0.15, 0.2) is 5.11 Å². The maximum Gasteiger partial charge on any atom is 0.306 e. The second-order valence-electron chi connectivity index (χ2n) is 4.24. The number of carbonyl (C=O) groups excluding carboxylic acids is 2. The molecule has 0 atom stereocenters. The van der Waals surface area contributed by atoms with E-state index < -0.39 is 11.9 Å². The maximum absolute atomic E-state index is 11.6. The zero-order valence-corrected chi connectivity index (χ0v) is 12.5. The fraction of sp³-hybridized carbons (Fsp3) is 0.357. The largest absolute Gasteiger partial charge is 0.506 e. The second kappa shape index (κ2) is 8.91. The zero-order chi connectivity index (χ0) is 15.7. The molecule has 0 saturated carbocycles. The molecule has 0 aliphatic rings.